The maximum absolute atomic E-state index is 11.3. The first-order valence-corrected chi connectivity index (χ1v) is 6.17. The van der Waals surface area contributed by atoms with Gasteiger partial charge in [0.15, 0.2) is 6.61 Å². The number of pyridine rings is 1. The highest BCUT2D eigenvalue weighted by atomic mass is 16.5. The minimum Gasteiger partial charge on any atom is -0.483 e. The molecule has 0 bridgehead atoms. The highest BCUT2D eigenvalue weighted by molar-refractivity contribution is 5.77. The second kappa shape index (κ2) is 5.66. The van der Waals surface area contributed by atoms with Gasteiger partial charge >= 0.3 is 0 Å². The van der Waals surface area contributed by atoms with Gasteiger partial charge in [-0.05, 0) is 38.7 Å². The molecule has 1 aliphatic rings. The smallest absolute Gasteiger partial charge is 0.257 e. The normalized spacial score (nSPS) is 13.9. The topological polar surface area (TPSA) is 51.2 Å². The molecule has 17 heavy (non-hydrogen) atoms. The number of rotatable bonds is 4. The first-order valence-electron chi connectivity index (χ1n) is 6.17. The lowest BCUT2D eigenvalue weighted by molar-refractivity contribution is -0.122. The number of aromatic nitrogens is 1. The summed E-state index contributed by atoms with van der Waals surface area (Å²) in [5.74, 6) is 0.745. The number of amides is 1. The van der Waals surface area contributed by atoms with Gasteiger partial charge in [-0.25, -0.2) is 0 Å². The monoisotopic (exact) mass is 234 g/mol. The Balaban J connectivity index is 2.03. The number of nitrogens with zero attached hydrogens (tertiary/aromatic N) is 1. The van der Waals surface area contributed by atoms with Crippen LogP contribution in [0, 0.1) is 0 Å². The minimum absolute atomic E-state index is 0.0751. The number of hydrogen-bond acceptors (Lipinski definition) is 3. The molecule has 0 radical (unpaired) electrons. The number of nitrogens with one attached hydrogen (secondary N) is 1. The summed E-state index contributed by atoms with van der Waals surface area (Å²) < 4.78 is 5.57. The van der Waals surface area contributed by atoms with Gasteiger partial charge in [0.25, 0.3) is 5.91 Å². The van der Waals surface area contributed by atoms with Gasteiger partial charge in [-0.3, -0.25) is 9.78 Å². The van der Waals surface area contributed by atoms with Crippen molar-refractivity contribution in [3.63, 3.8) is 0 Å². The van der Waals surface area contributed by atoms with E-state index >= 15 is 0 Å². The first-order chi connectivity index (χ1) is 8.31. The molecule has 0 atom stereocenters. The number of hydrogen-bond donors (Lipinski definition) is 1. The van der Waals surface area contributed by atoms with E-state index < -0.39 is 0 Å². The van der Waals surface area contributed by atoms with Gasteiger partial charge < -0.3 is 10.1 Å². The third kappa shape index (κ3) is 2.96. The number of carbonyl (C=O) groups excluding carboxylic acids is 1. The Morgan fingerprint density at radius 3 is 3.12 bits per heavy atom. The largest absolute Gasteiger partial charge is 0.483 e. The van der Waals surface area contributed by atoms with Crippen LogP contribution < -0.4 is 10.1 Å². The van der Waals surface area contributed by atoms with Crippen molar-refractivity contribution in [1.82, 2.24) is 10.3 Å². The van der Waals surface area contributed by atoms with Crippen LogP contribution in [0.3, 0.4) is 0 Å². The van der Waals surface area contributed by atoms with Crippen LogP contribution in [0.2, 0.25) is 0 Å². The Bertz CT molecular complexity index is 404. The maximum atomic E-state index is 11.3. The SMILES string of the molecule is CCNC(=O)COc1ccnc2c1CCCC2. The molecule has 4 nitrogen and oxygen atoms in total. The van der Waals surface area contributed by atoms with E-state index in [-0.39, 0.29) is 12.5 Å². The summed E-state index contributed by atoms with van der Waals surface area (Å²) in [7, 11) is 0. The second-order valence-corrected chi connectivity index (χ2v) is 4.18. The molecule has 1 amide bonds. The Labute approximate surface area is 101 Å². The van der Waals surface area contributed by atoms with Gasteiger partial charge in [-0.2, -0.15) is 0 Å². The summed E-state index contributed by atoms with van der Waals surface area (Å²) in [5, 5.41) is 2.72. The van der Waals surface area contributed by atoms with Crippen molar-refractivity contribution in [1.29, 1.82) is 0 Å². The summed E-state index contributed by atoms with van der Waals surface area (Å²) >= 11 is 0. The van der Waals surface area contributed by atoms with Gasteiger partial charge in [0.1, 0.15) is 5.75 Å². The van der Waals surface area contributed by atoms with E-state index in [0.717, 1.165) is 24.3 Å². The number of fused-ring (bicyclic) bond motifs is 1. The Hall–Kier alpha value is -1.58. The van der Waals surface area contributed by atoms with Crippen molar-refractivity contribution in [2.45, 2.75) is 32.6 Å². The van der Waals surface area contributed by atoms with Crippen molar-refractivity contribution in [2.24, 2.45) is 0 Å². The molecule has 92 valence electrons. The molecule has 1 aliphatic carbocycles. The van der Waals surface area contributed by atoms with Crippen LogP contribution in [0.15, 0.2) is 12.3 Å². The highest BCUT2D eigenvalue weighted by Crippen LogP contribution is 2.27. The fraction of sp³-hybridized carbons (Fsp3) is 0.538. The van der Waals surface area contributed by atoms with E-state index in [2.05, 4.69) is 10.3 Å². The van der Waals surface area contributed by atoms with Crippen LogP contribution in [-0.4, -0.2) is 24.0 Å². The molecule has 0 aromatic carbocycles. The fourth-order valence-corrected chi connectivity index (χ4v) is 2.12. The molecule has 0 unspecified atom stereocenters. The van der Waals surface area contributed by atoms with Crippen molar-refractivity contribution >= 4 is 5.91 Å². The zero-order valence-corrected chi connectivity index (χ0v) is 10.2. The minimum atomic E-state index is -0.0751. The summed E-state index contributed by atoms with van der Waals surface area (Å²) in [6.45, 7) is 2.62. The molecule has 1 aromatic rings. The third-order valence-corrected chi connectivity index (χ3v) is 2.93. The van der Waals surface area contributed by atoms with Gasteiger partial charge in [-0.15, -0.1) is 0 Å². The van der Waals surface area contributed by atoms with Crippen molar-refractivity contribution in [3.8, 4) is 5.75 Å². The van der Waals surface area contributed by atoms with E-state index in [4.69, 9.17) is 4.74 Å². The van der Waals surface area contributed by atoms with E-state index in [1.165, 1.54) is 18.4 Å². The summed E-state index contributed by atoms with van der Waals surface area (Å²) in [5.41, 5.74) is 2.31. The quantitative estimate of drug-likeness (QED) is 0.858. The molecule has 0 aliphatic heterocycles. The molecule has 1 aromatic heterocycles. The fourth-order valence-electron chi connectivity index (χ4n) is 2.12. The Morgan fingerprint density at radius 2 is 2.29 bits per heavy atom. The predicted octanol–water partition coefficient (Wildman–Crippen LogP) is 1.48. The van der Waals surface area contributed by atoms with Gasteiger partial charge in [0, 0.05) is 24.0 Å². The zero-order valence-electron chi connectivity index (χ0n) is 10.2. The summed E-state index contributed by atoms with van der Waals surface area (Å²) in [6, 6.07) is 1.85. The molecule has 1 N–H and O–H groups in total. The molecular formula is C13H18N2O2. The second-order valence-electron chi connectivity index (χ2n) is 4.18. The van der Waals surface area contributed by atoms with Crippen molar-refractivity contribution < 1.29 is 9.53 Å². The van der Waals surface area contributed by atoms with Crippen LogP contribution in [0.4, 0.5) is 0 Å². The number of carbonyl (C=O) groups is 1. The van der Waals surface area contributed by atoms with Crippen LogP contribution in [-0.2, 0) is 17.6 Å². The lowest BCUT2D eigenvalue weighted by Crippen LogP contribution is -2.28. The van der Waals surface area contributed by atoms with E-state index in [1.807, 2.05) is 13.0 Å². The van der Waals surface area contributed by atoms with Crippen LogP contribution in [0.1, 0.15) is 31.0 Å². The zero-order chi connectivity index (χ0) is 12.1. The first kappa shape index (κ1) is 11.9. The number of ether oxygens (including phenoxy) is 1. The maximum Gasteiger partial charge on any atom is 0.257 e. The van der Waals surface area contributed by atoms with Gasteiger partial charge in [0.05, 0.1) is 0 Å². The highest BCUT2D eigenvalue weighted by Gasteiger charge is 2.15. The van der Waals surface area contributed by atoms with E-state index in [1.54, 1.807) is 6.20 Å². The van der Waals surface area contributed by atoms with Crippen molar-refractivity contribution in [3.05, 3.63) is 23.5 Å². The Kier molecular flexibility index (Phi) is 3.96. The van der Waals surface area contributed by atoms with E-state index in [0.29, 0.717) is 6.54 Å². The average Bonchev–Trinajstić information content (AvgIpc) is 2.36. The van der Waals surface area contributed by atoms with Gasteiger partial charge in [0.2, 0.25) is 0 Å². The van der Waals surface area contributed by atoms with Crippen LogP contribution >= 0.6 is 0 Å². The third-order valence-electron chi connectivity index (χ3n) is 2.93. The lowest BCUT2D eigenvalue weighted by Gasteiger charge is -2.18. The lowest BCUT2D eigenvalue weighted by atomic mass is 9.95. The number of aryl methyl sites for hydroxylation is 1. The van der Waals surface area contributed by atoms with Crippen LogP contribution in [0.25, 0.3) is 0 Å². The molecule has 2 rings (SSSR count). The molecule has 0 fully saturated rings. The molecule has 1 heterocycles. The standard InChI is InChI=1S/C13H18N2O2/c1-2-14-13(16)9-17-12-7-8-15-11-6-4-3-5-10(11)12/h7-8H,2-6,9H2,1H3,(H,14,16). The summed E-state index contributed by atoms with van der Waals surface area (Å²) in [4.78, 5) is 15.7. The van der Waals surface area contributed by atoms with Crippen molar-refractivity contribution in [2.75, 3.05) is 13.2 Å². The molecular weight excluding hydrogens is 216 g/mol. The molecule has 0 spiro atoms. The van der Waals surface area contributed by atoms with E-state index in [9.17, 15) is 4.79 Å². The molecule has 0 saturated heterocycles. The predicted molar refractivity (Wildman–Crippen MR) is 65.1 cm³/mol. The molecule has 4 heteroatoms. The number of likely N-dealkylation sites (N-methyl/N-ethyl adjacent to an activating group) is 1. The summed E-state index contributed by atoms with van der Waals surface area (Å²) in [6.07, 6.45) is 6.16. The van der Waals surface area contributed by atoms with Crippen LogP contribution in [0.5, 0.6) is 5.75 Å². The van der Waals surface area contributed by atoms with Gasteiger partial charge in [-0.1, -0.05) is 0 Å². The average molecular weight is 234 g/mol. The molecule has 0 saturated carbocycles. The Morgan fingerprint density at radius 1 is 1.47 bits per heavy atom.